The number of amides is 2. The summed E-state index contributed by atoms with van der Waals surface area (Å²) in [6.45, 7) is 1.98. The average molecular weight is 403 g/mol. The fourth-order valence-corrected chi connectivity index (χ4v) is 6.53. The predicted molar refractivity (Wildman–Crippen MR) is 118 cm³/mol. The quantitative estimate of drug-likeness (QED) is 0.710. The van der Waals surface area contributed by atoms with Crippen LogP contribution in [0.5, 0.6) is 0 Å². The molecule has 4 aliphatic rings. The summed E-state index contributed by atoms with van der Waals surface area (Å²) in [5.41, 5.74) is 1.98. The third kappa shape index (κ3) is 3.53. The molecule has 4 fully saturated rings. The molecule has 4 bridgehead atoms. The van der Waals surface area contributed by atoms with Gasteiger partial charge in [0, 0.05) is 0 Å². The van der Waals surface area contributed by atoms with E-state index in [9.17, 15) is 9.59 Å². The number of benzene rings is 2. The second kappa shape index (κ2) is 7.57. The Morgan fingerprint density at radius 1 is 0.867 bits per heavy atom. The van der Waals surface area contributed by atoms with Gasteiger partial charge in [0.15, 0.2) is 0 Å². The fourth-order valence-electron chi connectivity index (χ4n) is 6.53. The van der Waals surface area contributed by atoms with Crippen LogP contribution in [-0.4, -0.2) is 11.8 Å². The van der Waals surface area contributed by atoms with Crippen molar-refractivity contribution in [1.82, 2.24) is 5.32 Å². The van der Waals surface area contributed by atoms with Crippen molar-refractivity contribution >= 4 is 17.5 Å². The maximum absolute atomic E-state index is 13.4. The Kier molecular flexibility index (Phi) is 4.88. The summed E-state index contributed by atoms with van der Waals surface area (Å²) in [7, 11) is 0. The number of anilines is 1. The molecule has 0 aromatic heterocycles. The number of nitrogens with one attached hydrogen (secondary N) is 2. The zero-order valence-electron chi connectivity index (χ0n) is 17.6. The Bertz CT molecular complexity index is 917. The van der Waals surface area contributed by atoms with Crippen molar-refractivity contribution in [2.75, 3.05) is 5.32 Å². The molecule has 2 aromatic carbocycles. The molecule has 156 valence electrons. The number of carbonyl (C=O) groups is 2. The smallest absolute Gasteiger partial charge is 0.253 e. The van der Waals surface area contributed by atoms with Crippen molar-refractivity contribution < 1.29 is 9.59 Å². The van der Waals surface area contributed by atoms with Gasteiger partial charge in [-0.3, -0.25) is 9.59 Å². The highest BCUT2D eigenvalue weighted by Crippen LogP contribution is 2.60. The molecule has 2 amide bonds. The van der Waals surface area contributed by atoms with Gasteiger partial charge in [-0.05, 0) is 80.9 Å². The van der Waals surface area contributed by atoms with Gasteiger partial charge in [0.1, 0.15) is 0 Å². The first kappa shape index (κ1) is 19.3. The van der Waals surface area contributed by atoms with Crippen molar-refractivity contribution in [3.05, 3.63) is 65.7 Å². The lowest BCUT2D eigenvalue weighted by molar-refractivity contribution is -0.140. The van der Waals surface area contributed by atoms with E-state index < -0.39 is 0 Å². The van der Waals surface area contributed by atoms with E-state index in [2.05, 4.69) is 10.6 Å². The van der Waals surface area contributed by atoms with Crippen molar-refractivity contribution in [3.63, 3.8) is 0 Å². The maximum Gasteiger partial charge on any atom is 0.253 e. The van der Waals surface area contributed by atoms with Crippen LogP contribution < -0.4 is 10.6 Å². The SMILES string of the molecule is CC(NC(=O)c1ccccc1NC(=O)C12CC3CC(CC(C3)C1)C2)c1ccccc1. The van der Waals surface area contributed by atoms with Gasteiger partial charge in [-0.1, -0.05) is 42.5 Å². The van der Waals surface area contributed by atoms with E-state index in [0.717, 1.165) is 24.8 Å². The largest absolute Gasteiger partial charge is 0.345 e. The molecule has 1 unspecified atom stereocenters. The standard InChI is InChI=1S/C26H30N2O2/c1-17(21-7-3-2-4-8-21)27-24(29)22-9-5-6-10-23(22)28-25(30)26-14-18-11-19(15-26)13-20(12-18)16-26/h2-10,17-20H,11-16H2,1H3,(H,27,29)(H,28,30). The fraction of sp³-hybridized carbons (Fsp3) is 0.462. The summed E-state index contributed by atoms with van der Waals surface area (Å²) in [5, 5.41) is 6.23. The van der Waals surface area contributed by atoms with E-state index in [4.69, 9.17) is 0 Å². The molecule has 0 radical (unpaired) electrons. The molecule has 0 spiro atoms. The van der Waals surface area contributed by atoms with Gasteiger partial charge in [-0.15, -0.1) is 0 Å². The molecule has 2 N–H and O–H groups in total. The maximum atomic E-state index is 13.4. The Morgan fingerprint density at radius 3 is 2.07 bits per heavy atom. The lowest BCUT2D eigenvalue weighted by Gasteiger charge is -2.55. The first-order valence-electron chi connectivity index (χ1n) is 11.3. The monoisotopic (exact) mass is 402 g/mol. The molecule has 6 rings (SSSR count). The van der Waals surface area contributed by atoms with E-state index in [1.165, 1.54) is 19.3 Å². The third-order valence-electron chi connectivity index (χ3n) is 7.59. The van der Waals surface area contributed by atoms with Crippen LogP contribution in [0.2, 0.25) is 0 Å². The van der Waals surface area contributed by atoms with E-state index in [-0.39, 0.29) is 23.3 Å². The molecule has 1 atom stereocenters. The minimum Gasteiger partial charge on any atom is -0.345 e. The highest BCUT2D eigenvalue weighted by atomic mass is 16.2. The Balaban J connectivity index is 1.33. The Labute approximate surface area is 178 Å². The Hall–Kier alpha value is -2.62. The molecule has 4 aliphatic carbocycles. The minimum atomic E-state index is -0.227. The number of hydrogen-bond donors (Lipinski definition) is 2. The van der Waals surface area contributed by atoms with Crippen molar-refractivity contribution in [2.24, 2.45) is 23.2 Å². The Morgan fingerprint density at radius 2 is 1.43 bits per heavy atom. The van der Waals surface area contributed by atoms with Gasteiger partial charge in [-0.25, -0.2) is 0 Å². The molecule has 0 heterocycles. The molecular formula is C26H30N2O2. The molecule has 30 heavy (non-hydrogen) atoms. The molecule has 2 aromatic rings. The van der Waals surface area contributed by atoms with Gasteiger partial charge in [0.25, 0.3) is 5.91 Å². The highest BCUT2D eigenvalue weighted by molar-refractivity contribution is 6.05. The topological polar surface area (TPSA) is 58.2 Å². The molecule has 0 aliphatic heterocycles. The highest BCUT2D eigenvalue weighted by Gasteiger charge is 2.54. The first-order valence-corrected chi connectivity index (χ1v) is 11.3. The predicted octanol–water partition coefficient (Wildman–Crippen LogP) is 5.33. The summed E-state index contributed by atoms with van der Waals surface area (Å²) in [6, 6.07) is 17.2. The molecular weight excluding hydrogens is 372 g/mol. The minimum absolute atomic E-state index is 0.106. The second-order valence-electron chi connectivity index (χ2n) is 9.80. The number of rotatable bonds is 5. The zero-order chi connectivity index (χ0) is 20.7. The van der Waals surface area contributed by atoms with Crippen LogP contribution in [0.25, 0.3) is 0 Å². The van der Waals surface area contributed by atoms with Crippen LogP contribution in [0.3, 0.4) is 0 Å². The summed E-state index contributed by atoms with van der Waals surface area (Å²) in [6.07, 6.45) is 6.98. The summed E-state index contributed by atoms with van der Waals surface area (Å²) >= 11 is 0. The van der Waals surface area contributed by atoms with Crippen molar-refractivity contribution in [2.45, 2.75) is 51.5 Å². The summed E-state index contributed by atoms with van der Waals surface area (Å²) in [4.78, 5) is 26.5. The van der Waals surface area contributed by atoms with Crippen LogP contribution in [0, 0.1) is 23.2 Å². The van der Waals surface area contributed by atoms with Crippen LogP contribution in [0.1, 0.15) is 67.4 Å². The third-order valence-corrected chi connectivity index (χ3v) is 7.59. The van der Waals surface area contributed by atoms with Gasteiger partial charge in [0.2, 0.25) is 5.91 Å². The van der Waals surface area contributed by atoms with Gasteiger partial charge in [0.05, 0.1) is 22.7 Å². The van der Waals surface area contributed by atoms with E-state index in [1.807, 2.05) is 55.5 Å². The van der Waals surface area contributed by atoms with E-state index in [1.54, 1.807) is 6.07 Å². The molecule has 4 heteroatoms. The molecule has 4 nitrogen and oxygen atoms in total. The van der Waals surface area contributed by atoms with Crippen LogP contribution in [-0.2, 0) is 4.79 Å². The van der Waals surface area contributed by atoms with Gasteiger partial charge >= 0.3 is 0 Å². The first-order chi connectivity index (χ1) is 14.5. The lowest BCUT2D eigenvalue weighted by Crippen LogP contribution is -2.51. The van der Waals surface area contributed by atoms with E-state index in [0.29, 0.717) is 29.0 Å². The van der Waals surface area contributed by atoms with Crippen LogP contribution in [0.4, 0.5) is 5.69 Å². The number of para-hydroxylation sites is 1. The van der Waals surface area contributed by atoms with Crippen molar-refractivity contribution in [3.8, 4) is 0 Å². The molecule has 4 saturated carbocycles. The van der Waals surface area contributed by atoms with Crippen LogP contribution in [0.15, 0.2) is 54.6 Å². The number of carbonyl (C=O) groups excluding carboxylic acids is 2. The van der Waals surface area contributed by atoms with Crippen LogP contribution >= 0.6 is 0 Å². The average Bonchev–Trinajstić information content (AvgIpc) is 2.73. The van der Waals surface area contributed by atoms with Crippen molar-refractivity contribution in [1.29, 1.82) is 0 Å². The molecule has 0 saturated heterocycles. The van der Waals surface area contributed by atoms with Gasteiger partial charge in [-0.2, -0.15) is 0 Å². The zero-order valence-corrected chi connectivity index (χ0v) is 17.6. The van der Waals surface area contributed by atoms with Gasteiger partial charge < -0.3 is 10.6 Å². The summed E-state index contributed by atoms with van der Waals surface area (Å²) < 4.78 is 0. The second-order valence-corrected chi connectivity index (χ2v) is 9.80. The normalized spacial score (nSPS) is 30.0. The van der Waals surface area contributed by atoms with E-state index >= 15 is 0 Å². The lowest BCUT2D eigenvalue weighted by atomic mass is 9.49. The summed E-state index contributed by atoms with van der Waals surface area (Å²) in [5.74, 6) is 2.11. The number of hydrogen-bond acceptors (Lipinski definition) is 2.